The van der Waals surface area contributed by atoms with E-state index in [4.69, 9.17) is 0 Å². The quantitative estimate of drug-likeness (QED) is 0.650. The molecule has 3 rings (SSSR count). The van der Waals surface area contributed by atoms with Gasteiger partial charge in [-0.15, -0.1) is 11.3 Å². The van der Waals surface area contributed by atoms with Crippen LogP contribution in [0.3, 0.4) is 0 Å². The van der Waals surface area contributed by atoms with Crippen molar-refractivity contribution in [3.63, 3.8) is 0 Å². The number of aromatic nitrogens is 3. The Bertz CT molecular complexity index is 967. The maximum atomic E-state index is 13.3. The number of anilines is 1. The predicted octanol–water partition coefficient (Wildman–Crippen LogP) is 5.07. The molecule has 0 atom stereocenters. The van der Waals surface area contributed by atoms with Crippen molar-refractivity contribution in [2.24, 2.45) is 0 Å². The molecular formula is C21H25FN4OS. The molecule has 1 N–H and O–H groups in total. The van der Waals surface area contributed by atoms with Gasteiger partial charge in [-0.1, -0.05) is 34.6 Å². The molecule has 5 nitrogen and oxygen atoms in total. The molecule has 3 aromatic rings. The van der Waals surface area contributed by atoms with Gasteiger partial charge in [0, 0.05) is 22.8 Å². The molecule has 0 saturated carbocycles. The summed E-state index contributed by atoms with van der Waals surface area (Å²) in [6, 6.07) is 7.89. The fourth-order valence-electron chi connectivity index (χ4n) is 2.64. The summed E-state index contributed by atoms with van der Waals surface area (Å²) in [4.78, 5) is 17.1. The molecule has 0 unspecified atom stereocenters. The number of halogens is 1. The van der Waals surface area contributed by atoms with Gasteiger partial charge in [0.2, 0.25) is 5.91 Å². The average Bonchev–Trinajstić information content (AvgIpc) is 3.22. The van der Waals surface area contributed by atoms with Gasteiger partial charge in [0.1, 0.15) is 11.6 Å². The predicted molar refractivity (Wildman–Crippen MR) is 111 cm³/mol. The third kappa shape index (κ3) is 4.65. The van der Waals surface area contributed by atoms with E-state index < -0.39 is 0 Å². The molecule has 28 heavy (non-hydrogen) atoms. The van der Waals surface area contributed by atoms with Crippen molar-refractivity contribution in [2.75, 3.05) is 5.32 Å². The third-order valence-electron chi connectivity index (χ3n) is 4.22. The Morgan fingerprint density at radius 3 is 2.50 bits per heavy atom. The van der Waals surface area contributed by atoms with Gasteiger partial charge in [-0.2, -0.15) is 5.10 Å². The highest BCUT2D eigenvalue weighted by Crippen LogP contribution is 2.27. The molecule has 0 saturated heterocycles. The molecule has 0 aliphatic rings. The van der Waals surface area contributed by atoms with Crippen molar-refractivity contribution in [2.45, 2.75) is 52.4 Å². The second kappa shape index (κ2) is 7.83. The average molecular weight is 401 g/mol. The van der Waals surface area contributed by atoms with Crippen LogP contribution in [0.1, 0.15) is 56.9 Å². The second-order valence-electron chi connectivity index (χ2n) is 8.11. The van der Waals surface area contributed by atoms with Crippen LogP contribution >= 0.6 is 11.3 Å². The van der Waals surface area contributed by atoms with Gasteiger partial charge in [0.25, 0.3) is 0 Å². The van der Waals surface area contributed by atoms with Crippen LogP contribution in [0, 0.1) is 5.82 Å². The zero-order valence-electron chi connectivity index (χ0n) is 16.8. The second-order valence-corrected chi connectivity index (χ2v) is 9.00. The standard InChI is InChI=1S/C21H25FN4OS/c1-13(2)20-23-15(12-28-20)10-19(27)24-18-11-17(21(3,4)5)25-26(18)16-8-6-14(22)7-9-16/h6-9,11-13H,10H2,1-5H3,(H,24,27). The maximum absolute atomic E-state index is 13.3. The number of carbonyl (C=O) groups excluding carboxylic acids is 1. The number of benzene rings is 1. The lowest BCUT2D eigenvalue weighted by Crippen LogP contribution is -2.17. The minimum Gasteiger partial charge on any atom is -0.310 e. The van der Waals surface area contributed by atoms with Crippen LogP contribution in [-0.4, -0.2) is 20.7 Å². The number of thiazole rings is 1. The third-order valence-corrected chi connectivity index (χ3v) is 5.42. The van der Waals surface area contributed by atoms with Gasteiger partial charge >= 0.3 is 0 Å². The fraction of sp³-hybridized carbons (Fsp3) is 0.381. The Labute approximate surface area is 168 Å². The molecule has 0 aliphatic carbocycles. The van der Waals surface area contributed by atoms with Gasteiger partial charge < -0.3 is 5.32 Å². The summed E-state index contributed by atoms with van der Waals surface area (Å²) in [5.41, 5.74) is 2.09. The van der Waals surface area contributed by atoms with Crippen molar-refractivity contribution in [3.8, 4) is 5.69 Å². The Hall–Kier alpha value is -2.54. The highest BCUT2D eigenvalue weighted by atomic mass is 32.1. The van der Waals surface area contributed by atoms with Gasteiger partial charge in [-0.25, -0.2) is 14.1 Å². The van der Waals surface area contributed by atoms with E-state index in [-0.39, 0.29) is 23.6 Å². The van der Waals surface area contributed by atoms with E-state index in [1.54, 1.807) is 28.2 Å². The summed E-state index contributed by atoms with van der Waals surface area (Å²) in [5.74, 6) is 0.420. The number of rotatable bonds is 5. The number of nitrogens with zero attached hydrogens (tertiary/aromatic N) is 3. The van der Waals surface area contributed by atoms with Crippen LogP contribution in [-0.2, 0) is 16.6 Å². The molecule has 7 heteroatoms. The Balaban J connectivity index is 1.85. The molecule has 0 bridgehead atoms. The maximum Gasteiger partial charge on any atom is 0.231 e. The molecule has 0 fully saturated rings. The van der Waals surface area contributed by atoms with Crippen molar-refractivity contribution in [1.82, 2.24) is 14.8 Å². The first-order valence-electron chi connectivity index (χ1n) is 9.24. The van der Waals surface area contributed by atoms with E-state index in [0.717, 1.165) is 16.4 Å². The minimum atomic E-state index is -0.318. The zero-order valence-corrected chi connectivity index (χ0v) is 17.6. The SMILES string of the molecule is CC(C)c1nc(CC(=O)Nc2cc(C(C)(C)C)nn2-c2ccc(F)cc2)cs1. The first-order valence-corrected chi connectivity index (χ1v) is 10.1. The number of hydrogen-bond acceptors (Lipinski definition) is 4. The van der Waals surface area contributed by atoms with E-state index in [1.807, 2.05) is 11.4 Å². The lowest BCUT2D eigenvalue weighted by molar-refractivity contribution is -0.115. The van der Waals surface area contributed by atoms with Crippen LogP contribution in [0.4, 0.5) is 10.2 Å². The summed E-state index contributed by atoms with van der Waals surface area (Å²) in [7, 11) is 0. The number of amides is 1. The molecule has 2 heterocycles. The van der Waals surface area contributed by atoms with Crippen LogP contribution in [0.15, 0.2) is 35.7 Å². The van der Waals surface area contributed by atoms with E-state index in [1.165, 1.54) is 12.1 Å². The summed E-state index contributed by atoms with van der Waals surface area (Å²) >= 11 is 1.57. The molecule has 1 amide bonds. The normalized spacial score (nSPS) is 11.8. The van der Waals surface area contributed by atoms with Gasteiger partial charge in [-0.05, 0) is 24.3 Å². The number of nitrogens with one attached hydrogen (secondary N) is 1. The van der Waals surface area contributed by atoms with E-state index in [9.17, 15) is 9.18 Å². The smallest absolute Gasteiger partial charge is 0.231 e. The first kappa shape index (κ1) is 20.2. The van der Waals surface area contributed by atoms with Crippen LogP contribution in [0.25, 0.3) is 5.69 Å². The summed E-state index contributed by atoms with van der Waals surface area (Å²) in [6.07, 6.45) is 0.197. The lowest BCUT2D eigenvalue weighted by atomic mass is 9.92. The Kier molecular flexibility index (Phi) is 5.65. The summed E-state index contributed by atoms with van der Waals surface area (Å²) in [6.45, 7) is 10.3. The van der Waals surface area contributed by atoms with Gasteiger partial charge in [0.05, 0.1) is 28.5 Å². The van der Waals surface area contributed by atoms with Crippen molar-refractivity contribution in [1.29, 1.82) is 0 Å². The molecule has 2 aromatic heterocycles. The molecule has 0 spiro atoms. The summed E-state index contributed by atoms with van der Waals surface area (Å²) in [5, 5.41) is 10.5. The van der Waals surface area contributed by atoms with Crippen LogP contribution < -0.4 is 5.32 Å². The zero-order chi connectivity index (χ0) is 20.5. The Morgan fingerprint density at radius 1 is 1.25 bits per heavy atom. The van der Waals surface area contributed by atoms with Crippen molar-refractivity contribution < 1.29 is 9.18 Å². The van der Waals surface area contributed by atoms with E-state index >= 15 is 0 Å². The molecule has 0 radical (unpaired) electrons. The topological polar surface area (TPSA) is 59.8 Å². The molecule has 1 aromatic carbocycles. The highest BCUT2D eigenvalue weighted by Gasteiger charge is 2.22. The van der Waals surface area contributed by atoms with Gasteiger partial charge in [-0.3, -0.25) is 4.79 Å². The molecular weight excluding hydrogens is 375 g/mol. The van der Waals surface area contributed by atoms with Crippen LogP contribution in [0.5, 0.6) is 0 Å². The first-order chi connectivity index (χ1) is 13.1. The largest absolute Gasteiger partial charge is 0.310 e. The van der Waals surface area contributed by atoms with Crippen molar-refractivity contribution in [3.05, 3.63) is 57.9 Å². The minimum absolute atomic E-state index is 0.163. The Morgan fingerprint density at radius 2 is 1.93 bits per heavy atom. The lowest BCUT2D eigenvalue weighted by Gasteiger charge is -2.14. The van der Waals surface area contributed by atoms with Crippen LogP contribution in [0.2, 0.25) is 0 Å². The van der Waals surface area contributed by atoms with Gasteiger partial charge in [0.15, 0.2) is 0 Å². The van der Waals surface area contributed by atoms with E-state index in [0.29, 0.717) is 17.4 Å². The molecule has 148 valence electrons. The summed E-state index contributed by atoms with van der Waals surface area (Å²) < 4.78 is 14.9. The van der Waals surface area contributed by atoms with E-state index in [2.05, 4.69) is 50.0 Å². The fourth-order valence-corrected chi connectivity index (χ4v) is 3.47. The molecule has 0 aliphatic heterocycles. The monoisotopic (exact) mass is 400 g/mol. The highest BCUT2D eigenvalue weighted by molar-refractivity contribution is 7.09. The number of carbonyl (C=O) groups is 1. The number of hydrogen-bond donors (Lipinski definition) is 1. The van der Waals surface area contributed by atoms with Crippen molar-refractivity contribution >= 4 is 23.1 Å².